The molecule has 1 aromatic rings. The lowest BCUT2D eigenvalue weighted by atomic mass is 10.1. The maximum atomic E-state index is 5.62. The van der Waals surface area contributed by atoms with Gasteiger partial charge in [-0.2, -0.15) is 0 Å². The van der Waals surface area contributed by atoms with E-state index in [9.17, 15) is 0 Å². The van der Waals surface area contributed by atoms with E-state index in [1.807, 2.05) is 31.3 Å². The van der Waals surface area contributed by atoms with Crippen LogP contribution in [0.3, 0.4) is 0 Å². The molecule has 1 N–H and O–H groups in total. The second-order valence-electron chi connectivity index (χ2n) is 3.81. The summed E-state index contributed by atoms with van der Waals surface area (Å²) in [6.45, 7) is 5.20. The van der Waals surface area contributed by atoms with Crippen molar-refractivity contribution in [3.8, 4) is 5.75 Å². The number of hydrogen-bond donors (Lipinski definition) is 1. The molecule has 2 nitrogen and oxygen atoms in total. The minimum atomic E-state index is 0.697. The van der Waals surface area contributed by atoms with E-state index in [1.165, 1.54) is 0 Å². The van der Waals surface area contributed by atoms with Crippen LogP contribution in [0.15, 0.2) is 24.3 Å². The van der Waals surface area contributed by atoms with Gasteiger partial charge >= 0.3 is 0 Å². The Kier molecular flexibility index (Phi) is 4.30. The highest BCUT2D eigenvalue weighted by Crippen LogP contribution is 2.17. The lowest BCUT2D eigenvalue weighted by Gasteiger charge is -2.09. The van der Waals surface area contributed by atoms with E-state index in [1.54, 1.807) is 0 Å². The summed E-state index contributed by atoms with van der Waals surface area (Å²) in [5.41, 5.74) is 1.09. The molecular formula is C12H19NO. The maximum absolute atomic E-state index is 5.62. The quantitative estimate of drug-likeness (QED) is 0.775. The van der Waals surface area contributed by atoms with Crippen molar-refractivity contribution in [3.63, 3.8) is 0 Å². The summed E-state index contributed by atoms with van der Waals surface area (Å²) in [5.74, 6) is 1.64. The molecule has 0 fully saturated rings. The van der Waals surface area contributed by atoms with Crippen molar-refractivity contribution >= 4 is 5.69 Å². The summed E-state index contributed by atoms with van der Waals surface area (Å²) in [5, 5.41) is 3.09. The maximum Gasteiger partial charge on any atom is 0.121 e. The predicted octanol–water partition coefficient (Wildman–Crippen LogP) is 3.15. The third-order valence-electron chi connectivity index (χ3n) is 2.09. The standard InChI is InChI=1S/C12H19NO/c1-10(2)7-8-14-12-6-4-5-11(9-12)13-3/h4-6,9-10,13H,7-8H2,1-3H3. The molecule has 0 saturated carbocycles. The Balaban J connectivity index is 2.42. The van der Waals surface area contributed by atoms with Gasteiger partial charge in [-0.1, -0.05) is 19.9 Å². The molecule has 0 spiro atoms. The van der Waals surface area contributed by atoms with Gasteiger partial charge in [-0.25, -0.2) is 0 Å². The van der Waals surface area contributed by atoms with Gasteiger partial charge < -0.3 is 10.1 Å². The zero-order valence-electron chi connectivity index (χ0n) is 9.21. The van der Waals surface area contributed by atoms with E-state index >= 15 is 0 Å². The number of anilines is 1. The summed E-state index contributed by atoms with van der Waals surface area (Å²) in [7, 11) is 1.91. The van der Waals surface area contributed by atoms with E-state index in [-0.39, 0.29) is 0 Å². The minimum Gasteiger partial charge on any atom is -0.494 e. The Morgan fingerprint density at radius 2 is 2.14 bits per heavy atom. The Bertz CT molecular complexity index is 271. The van der Waals surface area contributed by atoms with Crippen LogP contribution in [0.2, 0.25) is 0 Å². The molecule has 78 valence electrons. The first-order valence-corrected chi connectivity index (χ1v) is 5.13. The molecule has 0 saturated heterocycles. The Labute approximate surface area is 86.3 Å². The van der Waals surface area contributed by atoms with E-state index in [2.05, 4.69) is 19.2 Å². The van der Waals surface area contributed by atoms with Crippen molar-refractivity contribution in [2.24, 2.45) is 5.92 Å². The second-order valence-corrected chi connectivity index (χ2v) is 3.81. The largest absolute Gasteiger partial charge is 0.494 e. The van der Waals surface area contributed by atoms with Crippen molar-refractivity contribution in [1.82, 2.24) is 0 Å². The van der Waals surface area contributed by atoms with Gasteiger partial charge in [0.1, 0.15) is 5.75 Å². The van der Waals surface area contributed by atoms with Gasteiger partial charge in [0, 0.05) is 18.8 Å². The fourth-order valence-corrected chi connectivity index (χ4v) is 1.15. The summed E-state index contributed by atoms with van der Waals surface area (Å²) in [4.78, 5) is 0. The first kappa shape index (κ1) is 10.9. The Hall–Kier alpha value is -1.18. The van der Waals surface area contributed by atoms with Crippen LogP contribution in [-0.2, 0) is 0 Å². The van der Waals surface area contributed by atoms with Crippen LogP contribution in [0, 0.1) is 5.92 Å². The van der Waals surface area contributed by atoms with E-state index < -0.39 is 0 Å². The molecule has 0 amide bonds. The highest BCUT2D eigenvalue weighted by molar-refractivity contribution is 5.47. The third-order valence-corrected chi connectivity index (χ3v) is 2.09. The number of ether oxygens (including phenoxy) is 1. The minimum absolute atomic E-state index is 0.697. The van der Waals surface area contributed by atoms with Crippen molar-refractivity contribution < 1.29 is 4.74 Å². The van der Waals surface area contributed by atoms with E-state index in [4.69, 9.17) is 4.74 Å². The van der Waals surface area contributed by atoms with E-state index in [0.717, 1.165) is 24.5 Å². The third kappa shape index (κ3) is 3.69. The molecular weight excluding hydrogens is 174 g/mol. The van der Waals surface area contributed by atoms with Gasteiger partial charge in [-0.05, 0) is 24.5 Å². The van der Waals surface area contributed by atoms with Crippen molar-refractivity contribution in [2.45, 2.75) is 20.3 Å². The predicted molar refractivity (Wildman–Crippen MR) is 60.9 cm³/mol. The Morgan fingerprint density at radius 3 is 2.79 bits per heavy atom. The fraction of sp³-hybridized carbons (Fsp3) is 0.500. The number of rotatable bonds is 5. The number of hydrogen-bond acceptors (Lipinski definition) is 2. The number of nitrogens with one attached hydrogen (secondary N) is 1. The fourth-order valence-electron chi connectivity index (χ4n) is 1.15. The van der Waals surface area contributed by atoms with Crippen molar-refractivity contribution in [1.29, 1.82) is 0 Å². The Morgan fingerprint density at radius 1 is 1.36 bits per heavy atom. The molecule has 1 rings (SSSR count). The normalized spacial score (nSPS) is 10.3. The highest BCUT2D eigenvalue weighted by atomic mass is 16.5. The van der Waals surface area contributed by atoms with Gasteiger partial charge in [0.2, 0.25) is 0 Å². The summed E-state index contributed by atoms with van der Waals surface area (Å²) < 4.78 is 5.62. The molecule has 0 aliphatic heterocycles. The average molecular weight is 193 g/mol. The number of benzene rings is 1. The summed E-state index contributed by atoms with van der Waals surface area (Å²) in [6.07, 6.45) is 1.10. The van der Waals surface area contributed by atoms with Gasteiger partial charge in [-0.3, -0.25) is 0 Å². The SMILES string of the molecule is CNc1cccc(OCCC(C)C)c1. The lowest BCUT2D eigenvalue weighted by molar-refractivity contribution is 0.289. The molecule has 0 aromatic heterocycles. The lowest BCUT2D eigenvalue weighted by Crippen LogP contribution is -2.01. The molecule has 0 radical (unpaired) electrons. The first-order valence-electron chi connectivity index (χ1n) is 5.13. The van der Waals surface area contributed by atoms with Gasteiger partial charge in [0.05, 0.1) is 6.61 Å². The van der Waals surface area contributed by atoms with Crippen LogP contribution in [0.25, 0.3) is 0 Å². The molecule has 0 bridgehead atoms. The molecule has 1 aromatic carbocycles. The second kappa shape index (κ2) is 5.53. The van der Waals surface area contributed by atoms with Crippen molar-refractivity contribution in [3.05, 3.63) is 24.3 Å². The molecule has 2 heteroatoms. The first-order chi connectivity index (χ1) is 6.72. The van der Waals surface area contributed by atoms with Crippen molar-refractivity contribution in [2.75, 3.05) is 19.0 Å². The average Bonchev–Trinajstić information content (AvgIpc) is 2.18. The van der Waals surface area contributed by atoms with Crippen LogP contribution in [0.5, 0.6) is 5.75 Å². The smallest absolute Gasteiger partial charge is 0.121 e. The van der Waals surface area contributed by atoms with Gasteiger partial charge in [0.15, 0.2) is 0 Å². The molecule has 0 atom stereocenters. The van der Waals surface area contributed by atoms with Crippen LogP contribution in [0.4, 0.5) is 5.69 Å². The zero-order chi connectivity index (χ0) is 10.4. The monoisotopic (exact) mass is 193 g/mol. The molecule has 0 unspecified atom stereocenters. The van der Waals surface area contributed by atoms with Crippen LogP contribution < -0.4 is 10.1 Å². The molecule has 0 heterocycles. The van der Waals surface area contributed by atoms with Gasteiger partial charge in [-0.15, -0.1) is 0 Å². The molecule has 0 aliphatic rings. The van der Waals surface area contributed by atoms with Gasteiger partial charge in [0.25, 0.3) is 0 Å². The molecule has 0 aliphatic carbocycles. The summed E-state index contributed by atoms with van der Waals surface area (Å²) in [6, 6.07) is 8.02. The highest BCUT2D eigenvalue weighted by Gasteiger charge is 1.97. The van der Waals surface area contributed by atoms with E-state index in [0.29, 0.717) is 5.92 Å². The topological polar surface area (TPSA) is 21.3 Å². The zero-order valence-corrected chi connectivity index (χ0v) is 9.21. The van der Waals surface area contributed by atoms with Crippen LogP contribution in [-0.4, -0.2) is 13.7 Å². The molecule has 14 heavy (non-hydrogen) atoms. The van der Waals surface area contributed by atoms with Crippen LogP contribution in [0.1, 0.15) is 20.3 Å². The van der Waals surface area contributed by atoms with Crippen LogP contribution >= 0.6 is 0 Å². The summed E-state index contributed by atoms with van der Waals surface area (Å²) >= 11 is 0.